The summed E-state index contributed by atoms with van der Waals surface area (Å²) in [6.45, 7) is 2.04. The number of nitrogens with zero attached hydrogens (tertiary/aromatic N) is 2. The second-order valence-electron chi connectivity index (χ2n) is 4.46. The number of carbonyl (C=O) groups is 2. The van der Waals surface area contributed by atoms with E-state index >= 15 is 0 Å². The van der Waals surface area contributed by atoms with Gasteiger partial charge in [0.2, 0.25) is 0 Å². The number of H-pyrrole nitrogens is 2. The van der Waals surface area contributed by atoms with Crippen LogP contribution in [0.3, 0.4) is 0 Å². The maximum Gasteiger partial charge on any atom is 0.339 e. The zero-order valence-electron chi connectivity index (χ0n) is 11.7. The highest BCUT2D eigenvalue weighted by Crippen LogP contribution is 2.16. The average molecular weight is 299 g/mol. The second-order valence-corrected chi connectivity index (χ2v) is 4.46. The standard InChI is InChI=1S/C14H13N5O3/c1-2-22-14(21)8-5-9(17-7-8)6-10-11(18-19-13(10)20)12-15-3-4-16-12/h3-7,17H,2H2,1H3,(H,15,16)(H,19,20). The molecule has 0 radical (unpaired) electrons. The van der Waals surface area contributed by atoms with E-state index in [9.17, 15) is 9.59 Å². The number of aromatic nitrogens is 3. The fourth-order valence-corrected chi connectivity index (χ4v) is 2.03. The summed E-state index contributed by atoms with van der Waals surface area (Å²) in [5, 5.41) is 3.96. The van der Waals surface area contributed by atoms with E-state index in [1.165, 1.54) is 6.20 Å². The van der Waals surface area contributed by atoms with E-state index in [4.69, 9.17) is 4.74 Å². The number of hydrogen-bond acceptors (Lipinski definition) is 5. The lowest BCUT2D eigenvalue weighted by Crippen LogP contribution is -2.14. The molecule has 8 heteroatoms. The van der Waals surface area contributed by atoms with Gasteiger partial charge in [0.05, 0.1) is 17.7 Å². The molecular weight excluding hydrogens is 286 g/mol. The van der Waals surface area contributed by atoms with Crippen LogP contribution in [-0.2, 0) is 9.53 Å². The summed E-state index contributed by atoms with van der Waals surface area (Å²) in [6, 6.07) is 1.61. The van der Waals surface area contributed by atoms with Crippen molar-refractivity contribution in [3.05, 3.63) is 47.3 Å². The van der Waals surface area contributed by atoms with Crippen LogP contribution in [0.15, 0.2) is 35.3 Å². The number of nitrogens with one attached hydrogen (secondary N) is 3. The van der Waals surface area contributed by atoms with Crippen molar-refractivity contribution >= 4 is 23.7 Å². The molecule has 0 unspecified atom stereocenters. The Bertz CT molecular complexity index is 770. The van der Waals surface area contributed by atoms with Crippen LogP contribution in [0.2, 0.25) is 0 Å². The fourth-order valence-electron chi connectivity index (χ4n) is 2.03. The highest BCUT2D eigenvalue weighted by molar-refractivity contribution is 6.32. The monoisotopic (exact) mass is 299 g/mol. The molecule has 1 aliphatic rings. The average Bonchev–Trinajstić information content (AvgIpc) is 3.22. The van der Waals surface area contributed by atoms with E-state index in [-0.39, 0.29) is 5.91 Å². The summed E-state index contributed by atoms with van der Waals surface area (Å²) in [6.07, 6.45) is 6.35. The van der Waals surface area contributed by atoms with E-state index in [0.29, 0.717) is 35.0 Å². The molecule has 1 aliphatic heterocycles. The summed E-state index contributed by atoms with van der Waals surface area (Å²) in [5.74, 6) is -0.264. The highest BCUT2D eigenvalue weighted by atomic mass is 16.5. The first-order valence-corrected chi connectivity index (χ1v) is 6.64. The highest BCUT2D eigenvalue weighted by Gasteiger charge is 2.25. The van der Waals surface area contributed by atoms with Gasteiger partial charge in [0.15, 0.2) is 5.82 Å². The lowest BCUT2D eigenvalue weighted by atomic mass is 10.1. The summed E-state index contributed by atoms with van der Waals surface area (Å²) in [4.78, 5) is 33.4. The number of hydrazone groups is 1. The molecule has 112 valence electrons. The Labute approximate surface area is 125 Å². The minimum atomic E-state index is -0.417. The van der Waals surface area contributed by atoms with Gasteiger partial charge in [-0.3, -0.25) is 4.79 Å². The van der Waals surface area contributed by atoms with Crippen LogP contribution in [0.4, 0.5) is 0 Å². The van der Waals surface area contributed by atoms with Gasteiger partial charge in [-0.2, -0.15) is 5.10 Å². The second kappa shape index (κ2) is 5.68. The molecule has 0 spiro atoms. The van der Waals surface area contributed by atoms with Gasteiger partial charge in [-0.05, 0) is 19.1 Å². The molecule has 3 heterocycles. The van der Waals surface area contributed by atoms with Crippen LogP contribution >= 0.6 is 0 Å². The first-order chi connectivity index (χ1) is 10.7. The van der Waals surface area contributed by atoms with E-state index in [2.05, 4.69) is 25.5 Å². The Kier molecular flexibility index (Phi) is 3.57. The third kappa shape index (κ3) is 2.53. The van der Waals surface area contributed by atoms with Gasteiger partial charge in [0.1, 0.15) is 5.71 Å². The fraction of sp³-hybridized carbons (Fsp3) is 0.143. The van der Waals surface area contributed by atoms with Crippen molar-refractivity contribution in [1.29, 1.82) is 0 Å². The Morgan fingerprint density at radius 1 is 1.41 bits per heavy atom. The molecule has 1 amide bonds. The SMILES string of the molecule is CCOC(=O)c1c[nH]c(C=C2C(=O)NN=C2c2ncc[nH]2)c1. The molecule has 3 rings (SSSR count). The first kappa shape index (κ1) is 13.8. The lowest BCUT2D eigenvalue weighted by Gasteiger charge is -1.97. The predicted octanol–water partition coefficient (Wildman–Crippen LogP) is 0.832. The first-order valence-electron chi connectivity index (χ1n) is 6.64. The summed E-state index contributed by atoms with van der Waals surface area (Å²) in [5.41, 5.74) is 4.15. The van der Waals surface area contributed by atoms with Gasteiger partial charge in [-0.15, -0.1) is 0 Å². The summed E-state index contributed by atoms with van der Waals surface area (Å²) in [7, 11) is 0. The normalized spacial score (nSPS) is 15.8. The van der Waals surface area contributed by atoms with E-state index < -0.39 is 5.97 Å². The molecule has 0 saturated heterocycles. The van der Waals surface area contributed by atoms with Crippen molar-refractivity contribution in [2.75, 3.05) is 6.61 Å². The van der Waals surface area contributed by atoms with Crippen LogP contribution in [0, 0.1) is 0 Å². The molecule has 22 heavy (non-hydrogen) atoms. The van der Waals surface area contributed by atoms with Gasteiger partial charge >= 0.3 is 5.97 Å². The Hall–Kier alpha value is -3.16. The molecular formula is C14H13N5O3. The zero-order valence-corrected chi connectivity index (χ0v) is 11.7. The van der Waals surface area contributed by atoms with Gasteiger partial charge in [-0.25, -0.2) is 15.2 Å². The number of aromatic amines is 2. The molecule has 0 aliphatic carbocycles. The van der Waals surface area contributed by atoms with E-state index in [0.717, 1.165) is 0 Å². The minimum absolute atomic E-state index is 0.304. The molecule has 8 nitrogen and oxygen atoms in total. The molecule has 0 atom stereocenters. The van der Waals surface area contributed by atoms with Crippen molar-refractivity contribution < 1.29 is 14.3 Å². The van der Waals surface area contributed by atoms with Crippen LogP contribution in [0.1, 0.15) is 28.8 Å². The number of ether oxygens (including phenoxy) is 1. The molecule has 0 fully saturated rings. The third-order valence-corrected chi connectivity index (χ3v) is 3.01. The van der Waals surface area contributed by atoms with Crippen molar-refractivity contribution in [1.82, 2.24) is 20.4 Å². The molecule has 0 aromatic carbocycles. The Morgan fingerprint density at radius 2 is 2.27 bits per heavy atom. The minimum Gasteiger partial charge on any atom is -0.462 e. The van der Waals surface area contributed by atoms with Crippen molar-refractivity contribution in [3.8, 4) is 0 Å². The quantitative estimate of drug-likeness (QED) is 0.573. The topological polar surface area (TPSA) is 112 Å². The van der Waals surface area contributed by atoms with Crippen LogP contribution < -0.4 is 5.43 Å². The lowest BCUT2D eigenvalue weighted by molar-refractivity contribution is -0.116. The van der Waals surface area contributed by atoms with Crippen LogP contribution in [-0.4, -0.2) is 39.1 Å². The van der Waals surface area contributed by atoms with Gasteiger partial charge in [-0.1, -0.05) is 0 Å². The number of amides is 1. The van der Waals surface area contributed by atoms with Gasteiger partial charge in [0, 0.05) is 24.3 Å². The summed E-state index contributed by atoms with van der Waals surface area (Å²) >= 11 is 0. The Morgan fingerprint density at radius 3 is 3.00 bits per heavy atom. The van der Waals surface area contributed by atoms with Crippen molar-refractivity contribution in [3.63, 3.8) is 0 Å². The largest absolute Gasteiger partial charge is 0.462 e. The number of esters is 1. The molecule has 3 N–H and O–H groups in total. The summed E-state index contributed by atoms with van der Waals surface area (Å²) < 4.78 is 4.91. The van der Waals surface area contributed by atoms with Crippen LogP contribution in [0.25, 0.3) is 6.08 Å². The number of imidazole rings is 1. The van der Waals surface area contributed by atoms with E-state index in [1.54, 1.807) is 31.5 Å². The Balaban J connectivity index is 1.89. The van der Waals surface area contributed by atoms with Crippen molar-refractivity contribution in [2.24, 2.45) is 5.10 Å². The van der Waals surface area contributed by atoms with Crippen LogP contribution in [0.5, 0.6) is 0 Å². The molecule has 2 aromatic heterocycles. The number of rotatable bonds is 4. The maximum absolute atomic E-state index is 11.9. The molecule has 2 aromatic rings. The molecule has 0 bridgehead atoms. The third-order valence-electron chi connectivity index (χ3n) is 3.01. The zero-order chi connectivity index (χ0) is 15.5. The van der Waals surface area contributed by atoms with E-state index in [1.807, 2.05) is 0 Å². The predicted molar refractivity (Wildman–Crippen MR) is 78.0 cm³/mol. The number of hydrogen-bond donors (Lipinski definition) is 3. The molecule has 0 saturated carbocycles. The number of carbonyl (C=O) groups excluding carboxylic acids is 2. The van der Waals surface area contributed by atoms with Gasteiger partial charge in [0.25, 0.3) is 5.91 Å². The smallest absolute Gasteiger partial charge is 0.339 e. The van der Waals surface area contributed by atoms with Gasteiger partial charge < -0.3 is 14.7 Å². The van der Waals surface area contributed by atoms with Crippen molar-refractivity contribution in [2.45, 2.75) is 6.92 Å². The maximum atomic E-state index is 11.9.